The number of carbonyl (C=O) groups is 2. The maximum atomic E-state index is 11.5. The zero-order valence-corrected chi connectivity index (χ0v) is 11.5. The smallest absolute Gasteiger partial charge is 0.303 e. The minimum Gasteiger partial charge on any atom is -0.492 e. The number of aliphatic carboxylic acids is 1. The Labute approximate surface area is 117 Å². The van der Waals surface area contributed by atoms with Gasteiger partial charge in [-0.05, 0) is 31.0 Å². The highest BCUT2D eigenvalue weighted by molar-refractivity contribution is 5.82. The molecule has 1 rings (SSSR count). The number of nitrogens with two attached hydrogens (primary N) is 1. The first-order chi connectivity index (χ1) is 9.49. The molecule has 0 spiro atoms. The van der Waals surface area contributed by atoms with E-state index in [1.807, 2.05) is 31.2 Å². The number of carboxylic acids is 1. The van der Waals surface area contributed by atoms with Gasteiger partial charge in [0.25, 0.3) is 0 Å². The Morgan fingerprint density at radius 2 is 2.20 bits per heavy atom. The van der Waals surface area contributed by atoms with Crippen LogP contribution < -0.4 is 15.8 Å². The second kappa shape index (κ2) is 8.16. The van der Waals surface area contributed by atoms with E-state index in [2.05, 4.69) is 5.32 Å². The van der Waals surface area contributed by atoms with Crippen molar-refractivity contribution in [3.8, 4) is 5.75 Å². The quantitative estimate of drug-likeness (QED) is 0.608. The van der Waals surface area contributed by atoms with Crippen LogP contribution in [0.5, 0.6) is 5.75 Å². The van der Waals surface area contributed by atoms with Gasteiger partial charge in [-0.3, -0.25) is 9.59 Å². The van der Waals surface area contributed by atoms with Crippen molar-refractivity contribution in [1.29, 1.82) is 0 Å². The number of carboxylic acid groups (broad SMARTS) is 1. The minimum absolute atomic E-state index is 0.117. The summed E-state index contributed by atoms with van der Waals surface area (Å²) in [7, 11) is 0. The van der Waals surface area contributed by atoms with Crippen LogP contribution in [0.1, 0.15) is 18.4 Å². The zero-order chi connectivity index (χ0) is 15.0. The molecule has 20 heavy (non-hydrogen) atoms. The van der Waals surface area contributed by atoms with E-state index in [9.17, 15) is 9.59 Å². The molecule has 0 aliphatic rings. The molecule has 1 unspecified atom stereocenters. The van der Waals surface area contributed by atoms with Gasteiger partial charge in [-0.15, -0.1) is 0 Å². The maximum absolute atomic E-state index is 11.5. The number of amides is 1. The van der Waals surface area contributed by atoms with E-state index in [0.717, 1.165) is 11.3 Å². The van der Waals surface area contributed by atoms with Gasteiger partial charge in [0.05, 0.1) is 12.6 Å². The highest BCUT2D eigenvalue weighted by atomic mass is 16.5. The summed E-state index contributed by atoms with van der Waals surface area (Å²) in [4.78, 5) is 21.9. The number of ether oxygens (including phenoxy) is 1. The molecule has 0 aliphatic heterocycles. The monoisotopic (exact) mass is 280 g/mol. The third-order valence-electron chi connectivity index (χ3n) is 2.67. The fraction of sp³-hybridized carbons (Fsp3) is 0.429. The Morgan fingerprint density at radius 1 is 1.45 bits per heavy atom. The van der Waals surface area contributed by atoms with Gasteiger partial charge in [-0.1, -0.05) is 12.1 Å². The fourth-order valence-corrected chi connectivity index (χ4v) is 1.59. The molecule has 0 aliphatic carbocycles. The van der Waals surface area contributed by atoms with E-state index in [0.29, 0.717) is 13.2 Å². The molecule has 1 amide bonds. The molecule has 6 nitrogen and oxygen atoms in total. The molecular formula is C14H20N2O4. The van der Waals surface area contributed by atoms with Crippen molar-refractivity contribution >= 4 is 11.9 Å². The lowest BCUT2D eigenvalue weighted by atomic mass is 10.1. The predicted molar refractivity (Wildman–Crippen MR) is 74.5 cm³/mol. The molecule has 0 bridgehead atoms. The Bertz CT molecular complexity index is 462. The van der Waals surface area contributed by atoms with E-state index in [4.69, 9.17) is 15.6 Å². The van der Waals surface area contributed by atoms with Gasteiger partial charge in [-0.2, -0.15) is 0 Å². The standard InChI is InChI=1S/C14H20N2O4/c1-10-3-2-4-11(9-10)20-8-7-16-14(19)12(15)5-6-13(17)18/h2-4,9,12H,5-8,15H2,1H3,(H,16,19)(H,17,18). The lowest BCUT2D eigenvalue weighted by molar-refractivity contribution is -0.137. The van der Waals surface area contributed by atoms with Crippen LogP contribution in [0.2, 0.25) is 0 Å². The van der Waals surface area contributed by atoms with Gasteiger partial charge in [0.1, 0.15) is 12.4 Å². The number of carbonyl (C=O) groups excluding carboxylic acids is 1. The summed E-state index contributed by atoms with van der Waals surface area (Å²) in [6.45, 7) is 2.63. The van der Waals surface area contributed by atoms with Crippen LogP contribution in [-0.2, 0) is 9.59 Å². The van der Waals surface area contributed by atoms with E-state index in [-0.39, 0.29) is 18.7 Å². The second-order valence-corrected chi connectivity index (χ2v) is 4.49. The third kappa shape index (κ3) is 6.19. The minimum atomic E-state index is -0.962. The lowest BCUT2D eigenvalue weighted by Crippen LogP contribution is -2.42. The molecule has 1 aromatic rings. The molecule has 4 N–H and O–H groups in total. The number of benzene rings is 1. The summed E-state index contributed by atoms with van der Waals surface area (Å²) < 4.78 is 5.47. The molecule has 1 atom stereocenters. The van der Waals surface area contributed by atoms with Crippen molar-refractivity contribution < 1.29 is 19.4 Å². The first-order valence-electron chi connectivity index (χ1n) is 6.43. The maximum Gasteiger partial charge on any atom is 0.303 e. The van der Waals surface area contributed by atoms with Crippen LogP contribution in [0, 0.1) is 6.92 Å². The summed E-state index contributed by atoms with van der Waals surface area (Å²) in [6.07, 6.45) is 0.00822. The Balaban J connectivity index is 2.20. The number of hydrogen-bond donors (Lipinski definition) is 3. The van der Waals surface area contributed by atoms with Gasteiger partial charge in [0.15, 0.2) is 0 Å². The lowest BCUT2D eigenvalue weighted by Gasteiger charge is -2.12. The highest BCUT2D eigenvalue weighted by Crippen LogP contribution is 2.11. The van der Waals surface area contributed by atoms with Gasteiger partial charge >= 0.3 is 5.97 Å². The average molecular weight is 280 g/mol. The molecule has 0 radical (unpaired) electrons. The van der Waals surface area contributed by atoms with Crippen molar-refractivity contribution in [3.05, 3.63) is 29.8 Å². The third-order valence-corrected chi connectivity index (χ3v) is 2.67. The van der Waals surface area contributed by atoms with E-state index >= 15 is 0 Å². The fourth-order valence-electron chi connectivity index (χ4n) is 1.59. The van der Waals surface area contributed by atoms with E-state index < -0.39 is 12.0 Å². The molecule has 0 fully saturated rings. The SMILES string of the molecule is Cc1cccc(OCCNC(=O)C(N)CCC(=O)O)c1. The van der Waals surface area contributed by atoms with Gasteiger partial charge in [0.2, 0.25) is 5.91 Å². The molecule has 0 aromatic heterocycles. The van der Waals surface area contributed by atoms with Crippen molar-refractivity contribution in [2.75, 3.05) is 13.2 Å². The number of aryl methyl sites for hydroxylation is 1. The first kappa shape index (κ1) is 16.0. The van der Waals surface area contributed by atoms with Crippen LogP contribution in [0.4, 0.5) is 0 Å². The molecule has 6 heteroatoms. The van der Waals surface area contributed by atoms with Crippen molar-refractivity contribution in [1.82, 2.24) is 5.32 Å². The molecule has 110 valence electrons. The summed E-state index contributed by atoms with van der Waals surface area (Å²) in [5.74, 6) is -0.579. The normalized spacial score (nSPS) is 11.7. The molecular weight excluding hydrogens is 260 g/mol. The Kier molecular flexibility index (Phi) is 6.52. The van der Waals surface area contributed by atoms with Gasteiger partial charge < -0.3 is 20.9 Å². The van der Waals surface area contributed by atoms with Crippen molar-refractivity contribution in [2.24, 2.45) is 5.73 Å². The Hall–Kier alpha value is -2.08. The summed E-state index contributed by atoms with van der Waals surface area (Å²) in [6, 6.07) is 6.81. The molecule has 0 heterocycles. The van der Waals surface area contributed by atoms with Crippen LogP contribution in [0.15, 0.2) is 24.3 Å². The van der Waals surface area contributed by atoms with Crippen LogP contribution >= 0.6 is 0 Å². The van der Waals surface area contributed by atoms with E-state index in [1.54, 1.807) is 0 Å². The van der Waals surface area contributed by atoms with Crippen LogP contribution in [0.25, 0.3) is 0 Å². The summed E-state index contributed by atoms with van der Waals surface area (Å²) in [5.41, 5.74) is 6.66. The Morgan fingerprint density at radius 3 is 2.85 bits per heavy atom. The molecule has 0 saturated carbocycles. The van der Waals surface area contributed by atoms with Gasteiger partial charge in [-0.25, -0.2) is 0 Å². The average Bonchev–Trinajstić information content (AvgIpc) is 2.40. The highest BCUT2D eigenvalue weighted by Gasteiger charge is 2.14. The number of rotatable bonds is 8. The molecule has 0 saturated heterocycles. The molecule has 1 aromatic carbocycles. The van der Waals surface area contributed by atoms with Crippen molar-refractivity contribution in [3.63, 3.8) is 0 Å². The van der Waals surface area contributed by atoms with E-state index in [1.165, 1.54) is 0 Å². The van der Waals surface area contributed by atoms with Crippen LogP contribution in [-0.4, -0.2) is 36.2 Å². The van der Waals surface area contributed by atoms with Gasteiger partial charge in [0, 0.05) is 6.42 Å². The second-order valence-electron chi connectivity index (χ2n) is 4.49. The number of nitrogens with one attached hydrogen (secondary N) is 1. The number of hydrogen-bond acceptors (Lipinski definition) is 4. The van der Waals surface area contributed by atoms with Crippen molar-refractivity contribution in [2.45, 2.75) is 25.8 Å². The largest absolute Gasteiger partial charge is 0.492 e. The predicted octanol–water partition coefficient (Wildman–Crippen LogP) is 0.682. The topological polar surface area (TPSA) is 102 Å². The first-order valence-corrected chi connectivity index (χ1v) is 6.43. The summed E-state index contributed by atoms with van der Waals surface area (Å²) in [5, 5.41) is 11.1. The summed E-state index contributed by atoms with van der Waals surface area (Å²) >= 11 is 0. The zero-order valence-electron chi connectivity index (χ0n) is 11.5. The van der Waals surface area contributed by atoms with Crippen LogP contribution in [0.3, 0.4) is 0 Å².